The Morgan fingerprint density at radius 2 is 1.91 bits per heavy atom. The molecule has 5 rings (SSSR count). The fourth-order valence-corrected chi connectivity index (χ4v) is 4.84. The van der Waals surface area contributed by atoms with Crippen molar-refractivity contribution < 1.29 is 18.7 Å². The number of hydrogen-bond acceptors (Lipinski definition) is 8. The van der Waals surface area contributed by atoms with Gasteiger partial charge in [0.15, 0.2) is 5.58 Å². The fraction of sp³-hybridized carbons (Fsp3) is 0.200. The number of thiophene rings is 1. The van der Waals surface area contributed by atoms with E-state index < -0.39 is 11.7 Å². The van der Waals surface area contributed by atoms with Crippen LogP contribution < -0.4 is 16.1 Å². The molecule has 0 saturated heterocycles. The Balaban J connectivity index is 1.22. The molecule has 0 aliphatic heterocycles. The van der Waals surface area contributed by atoms with Crippen molar-refractivity contribution in [3.05, 3.63) is 81.8 Å². The molecule has 0 unspecified atom stereocenters. The average molecular weight is 492 g/mol. The molecule has 0 radical (unpaired) electrons. The van der Waals surface area contributed by atoms with Crippen LogP contribution in [0.25, 0.3) is 31.8 Å². The van der Waals surface area contributed by atoms with Crippen molar-refractivity contribution in [2.24, 2.45) is 0 Å². The Labute approximate surface area is 202 Å². The summed E-state index contributed by atoms with van der Waals surface area (Å²) in [6, 6.07) is 16.5. The molecular weight excluding hydrogens is 470 g/mol. The lowest BCUT2D eigenvalue weighted by atomic mass is 10.2. The first kappa shape index (κ1) is 22.6. The molecule has 0 bridgehead atoms. The molecule has 0 atom stereocenters. The van der Waals surface area contributed by atoms with E-state index in [0.29, 0.717) is 34.3 Å². The van der Waals surface area contributed by atoms with Crippen LogP contribution in [-0.2, 0) is 22.6 Å². The predicted octanol–water partition coefficient (Wildman–Crippen LogP) is 3.68. The maximum Gasteiger partial charge on any atom is 0.419 e. The number of methoxy groups -OCH3 is 1. The number of aryl methyl sites for hydroxylation is 1. The van der Waals surface area contributed by atoms with Crippen molar-refractivity contribution in [2.75, 3.05) is 13.7 Å². The largest absolute Gasteiger partial charge is 0.497 e. The molecule has 10 heteroatoms. The summed E-state index contributed by atoms with van der Waals surface area (Å²) in [5.74, 6) is -0.253. The summed E-state index contributed by atoms with van der Waals surface area (Å²) < 4.78 is 18.9. The van der Waals surface area contributed by atoms with E-state index in [1.165, 1.54) is 26.8 Å². The van der Waals surface area contributed by atoms with Gasteiger partial charge in [-0.3, -0.25) is 18.7 Å². The highest BCUT2D eigenvalue weighted by Crippen LogP contribution is 2.31. The Hall–Kier alpha value is -4.18. The molecule has 178 valence electrons. The number of nitrogens with zero attached hydrogens (tertiary/aromatic N) is 3. The molecule has 3 aromatic heterocycles. The van der Waals surface area contributed by atoms with E-state index in [1.807, 2.05) is 36.4 Å². The van der Waals surface area contributed by atoms with Gasteiger partial charge in [-0.1, -0.05) is 12.1 Å². The zero-order valence-electron chi connectivity index (χ0n) is 18.8. The Bertz CT molecular complexity index is 1630. The number of oxazole rings is 1. The smallest absolute Gasteiger partial charge is 0.419 e. The standard InChI is InChI=1S/C25H21N3O6S/c1-32-17-9-7-16(8-10-17)21-13-18-23(35-21)24(30)27(15-26-18)14-22(29)33-12-4-11-28-19-5-2-3-6-20(19)34-25(28)31/h2-3,5-10,13,15H,4,11-12,14H2,1H3. The predicted molar refractivity (Wildman–Crippen MR) is 132 cm³/mol. The van der Waals surface area contributed by atoms with E-state index in [2.05, 4.69) is 4.98 Å². The molecule has 5 aromatic rings. The van der Waals surface area contributed by atoms with Gasteiger partial charge in [0.1, 0.15) is 17.0 Å². The summed E-state index contributed by atoms with van der Waals surface area (Å²) in [5.41, 5.74) is 2.44. The van der Waals surface area contributed by atoms with E-state index in [4.69, 9.17) is 13.9 Å². The number of aromatic nitrogens is 3. The lowest BCUT2D eigenvalue weighted by molar-refractivity contribution is -0.144. The average Bonchev–Trinajstić information content (AvgIpc) is 3.45. The third-order valence-electron chi connectivity index (χ3n) is 5.54. The van der Waals surface area contributed by atoms with Gasteiger partial charge in [0.2, 0.25) is 0 Å². The van der Waals surface area contributed by atoms with Crippen molar-refractivity contribution in [1.29, 1.82) is 0 Å². The Morgan fingerprint density at radius 1 is 1.11 bits per heavy atom. The van der Waals surface area contributed by atoms with Crippen molar-refractivity contribution in [1.82, 2.24) is 14.1 Å². The van der Waals surface area contributed by atoms with Crippen molar-refractivity contribution >= 4 is 38.6 Å². The normalized spacial score (nSPS) is 11.2. The number of para-hydroxylation sites is 2. The number of hydrogen-bond donors (Lipinski definition) is 0. The number of esters is 1. The van der Waals surface area contributed by atoms with Gasteiger partial charge in [-0.2, -0.15) is 0 Å². The highest BCUT2D eigenvalue weighted by molar-refractivity contribution is 7.22. The van der Waals surface area contributed by atoms with E-state index in [9.17, 15) is 14.4 Å². The minimum atomic E-state index is -0.551. The minimum Gasteiger partial charge on any atom is -0.497 e. The second kappa shape index (κ2) is 9.59. The monoisotopic (exact) mass is 491 g/mol. The minimum absolute atomic E-state index is 0.107. The van der Waals surface area contributed by atoms with Crippen molar-refractivity contribution in [2.45, 2.75) is 19.5 Å². The van der Waals surface area contributed by atoms with Crippen molar-refractivity contribution in [3.8, 4) is 16.2 Å². The lowest BCUT2D eigenvalue weighted by Crippen LogP contribution is -2.25. The molecule has 0 amide bonds. The molecule has 0 fully saturated rings. The van der Waals surface area contributed by atoms with Crippen LogP contribution in [-0.4, -0.2) is 33.8 Å². The number of benzene rings is 2. The third kappa shape index (κ3) is 4.60. The SMILES string of the molecule is COc1ccc(-c2cc3ncn(CC(=O)OCCCn4c(=O)oc5ccccc54)c(=O)c3s2)cc1. The molecule has 0 spiro atoms. The summed E-state index contributed by atoms with van der Waals surface area (Å²) in [6.07, 6.45) is 1.78. The zero-order chi connectivity index (χ0) is 24.4. The quantitative estimate of drug-likeness (QED) is 0.241. The molecule has 35 heavy (non-hydrogen) atoms. The lowest BCUT2D eigenvalue weighted by Gasteiger charge is -2.07. The summed E-state index contributed by atoms with van der Waals surface area (Å²) in [4.78, 5) is 42.5. The van der Waals surface area contributed by atoms with Gasteiger partial charge in [-0.25, -0.2) is 9.78 Å². The number of fused-ring (bicyclic) bond motifs is 2. The zero-order valence-corrected chi connectivity index (χ0v) is 19.6. The van der Waals surface area contributed by atoms with Gasteiger partial charge in [0.05, 0.1) is 31.1 Å². The molecule has 0 aliphatic carbocycles. The van der Waals surface area contributed by atoms with E-state index in [1.54, 1.807) is 25.3 Å². The third-order valence-corrected chi connectivity index (χ3v) is 6.70. The first-order valence-electron chi connectivity index (χ1n) is 10.9. The van der Waals surface area contributed by atoms with Crippen LogP contribution in [0.1, 0.15) is 6.42 Å². The van der Waals surface area contributed by atoms with E-state index in [0.717, 1.165) is 16.2 Å². The van der Waals surface area contributed by atoms with Gasteiger partial charge in [0, 0.05) is 11.4 Å². The molecule has 0 N–H and O–H groups in total. The van der Waals surface area contributed by atoms with Crippen LogP contribution in [0, 0.1) is 0 Å². The summed E-state index contributed by atoms with van der Waals surface area (Å²) in [6.45, 7) is 0.210. The van der Waals surface area contributed by atoms with Crippen LogP contribution in [0.2, 0.25) is 0 Å². The van der Waals surface area contributed by atoms with Gasteiger partial charge in [-0.05, 0) is 54.4 Å². The fourth-order valence-electron chi connectivity index (χ4n) is 3.77. The second-order valence-corrected chi connectivity index (χ2v) is 8.84. The molecule has 9 nitrogen and oxygen atoms in total. The number of rotatable bonds is 8. The van der Waals surface area contributed by atoms with Crippen molar-refractivity contribution in [3.63, 3.8) is 0 Å². The highest BCUT2D eigenvalue weighted by atomic mass is 32.1. The van der Waals surface area contributed by atoms with Crippen LogP contribution >= 0.6 is 11.3 Å². The first-order valence-corrected chi connectivity index (χ1v) is 11.7. The topological polar surface area (TPSA) is 106 Å². The molecule has 3 heterocycles. The number of carbonyl (C=O) groups is 1. The molecule has 0 aliphatic rings. The van der Waals surface area contributed by atoms with Crippen LogP contribution in [0.4, 0.5) is 0 Å². The van der Waals surface area contributed by atoms with Gasteiger partial charge in [0.25, 0.3) is 5.56 Å². The second-order valence-electron chi connectivity index (χ2n) is 7.79. The first-order chi connectivity index (χ1) is 17.0. The van der Waals surface area contributed by atoms with Gasteiger partial charge >= 0.3 is 11.7 Å². The number of ether oxygens (including phenoxy) is 2. The maximum absolute atomic E-state index is 12.9. The van der Waals surface area contributed by atoms with E-state index >= 15 is 0 Å². The Kier molecular flexibility index (Phi) is 6.19. The van der Waals surface area contributed by atoms with Gasteiger partial charge < -0.3 is 13.9 Å². The van der Waals surface area contributed by atoms with Crippen LogP contribution in [0.3, 0.4) is 0 Å². The summed E-state index contributed by atoms with van der Waals surface area (Å²) in [7, 11) is 1.61. The molecule has 0 saturated carbocycles. The van der Waals surface area contributed by atoms with E-state index in [-0.39, 0.29) is 18.7 Å². The molecule has 2 aromatic carbocycles. The number of carbonyl (C=O) groups excluding carboxylic acids is 1. The highest BCUT2D eigenvalue weighted by Gasteiger charge is 2.14. The van der Waals surface area contributed by atoms with Crippen LogP contribution in [0.15, 0.2) is 74.9 Å². The van der Waals surface area contributed by atoms with Crippen LogP contribution in [0.5, 0.6) is 5.75 Å². The summed E-state index contributed by atoms with van der Waals surface area (Å²) in [5, 5.41) is 0. The maximum atomic E-state index is 12.9. The molecular formula is C25H21N3O6S. The Morgan fingerprint density at radius 3 is 2.71 bits per heavy atom. The van der Waals surface area contributed by atoms with Gasteiger partial charge in [-0.15, -0.1) is 11.3 Å². The summed E-state index contributed by atoms with van der Waals surface area (Å²) >= 11 is 1.32.